The van der Waals surface area contributed by atoms with Gasteiger partial charge in [-0.15, -0.1) is 0 Å². The van der Waals surface area contributed by atoms with Crippen molar-refractivity contribution < 1.29 is 14.1 Å². The predicted octanol–water partition coefficient (Wildman–Crippen LogP) is 3.60. The van der Waals surface area contributed by atoms with E-state index >= 15 is 0 Å². The molecule has 0 saturated carbocycles. The first-order valence-corrected chi connectivity index (χ1v) is 8.88. The third-order valence-corrected chi connectivity index (χ3v) is 4.77. The number of likely N-dealkylation sites (tertiary alicyclic amines) is 1. The van der Waals surface area contributed by atoms with Crippen molar-refractivity contribution in [2.45, 2.75) is 32.3 Å². The van der Waals surface area contributed by atoms with Gasteiger partial charge in [0.15, 0.2) is 11.9 Å². The molecular formula is C19H25N3O3. The van der Waals surface area contributed by atoms with Gasteiger partial charge in [-0.2, -0.15) is 0 Å². The summed E-state index contributed by atoms with van der Waals surface area (Å²) in [5.74, 6) is 0.658. The second-order valence-corrected chi connectivity index (χ2v) is 6.51. The monoisotopic (exact) mass is 343 g/mol. The molecule has 1 aliphatic heterocycles. The number of rotatable bonds is 7. The summed E-state index contributed by atoms with van der Waals surface area (Å²) in [7, 11) is 0. The maximum Gasteiger partial charge on any atom is 0.405 e. The van der Waals surface area contributed by atoms with E-state index in [4.69, 9.17) is 15.0 Å². The molecule has 2 atom stereocenters. The van der Waals surface area contributed by atoms with Gasteiger partial charge >= 0.3 is 6.09 Å². The number of hydrogen-bond donors (Lipinski definition) is 1. The van der Waals surface area contributed by atoms with E-state index in [1.165, 1.54) is 12.8 Å². The van der Waals surface area contributed by atoms with Gasteiger partial charge in [0, 0.05) is 24.1 Å². The summed E-state index contributed by atoms with van der Waals surface area (Å²) in [6.07, 6.45) is 1.99. The van der Waals surface area contributed by atoms with Crippen LogP contribution in [-0.2, 0) is 4.74 Å². The molecule has 1 aromatic carbocycles. The molecule has 3 rings (SSSR count). The van der Waals surface area contributed by atoms with Crippen LogP contribution in [0.15, 0.2) is 40.9 Å². The van der Waals surface area contributed by atoms with E-state index in [9.17, 15) is 4.79 Å². The Kier molecular flexibility index (Phi) is 5.71. The van der Waals surface area contributed by atoms with E-state index in [2.05, 4.69) is 17.0 Å². The maximum atomic E-state index is 11.4. The van der Waals surface area contributed by atoms with Crippen LogP contribution < -0.4 is 5.73 Å². The molecule has 25 heavy (non-hydrogen) atoms. The van der Waals surface area contributed by atoms with Crippen LogP contribution >= 0.6 is 0 Å². The van der Waals surface area contributed by atoms with Crippen molar-refractivity contribution in [3.05, 3.63) is 42.2 Å². The molecule has 0 bridgehead atoms. The Bertz CT molecular complexity index is 680. The van der Waals surface area contributed by atoms with E-state index in [1.807, 2.05) is 36.4 Å². The van der Waals surface area contributed by atoms with Crippen LogP contribution in [0.5, 0.6) is 0 Å². The van der Waals surface area contributed by atoms with E-state index in [1.54, 1.807) is 0 Å². The third kappa shape index (κ3) is 4.39. The van der Waals surface area contributed by atoms with Crippen molar-refractivity contribution in [2.24, 2.45) is 11.7 Å². The molecule has 1 saturated heterocycles. The fourth-order valence-corrected chi connectivity index (χ4v) is 3.42. The van der Waals surface area contributed by atoms with E-state index in [-0.39, 0.29) is 5.92 Å². The van der Waals surface area contributed by atoms with Crippen molar-refractivity contribution in [1.82, 2.24) is 10.1 Å². The van der Waals surface area contributed by atoms with Crippen molar-refractivity contribution in [3.8, 4) is 11.3 Å². The summed E-state index contributed by atoms with van der Waals surface area (Å²) in [6.45, 7) is 5.12. The van der Waals surface area contributed by atoms with Gasteiger partial charge < -0.3 is 19.9 Å². The van der Waals surface area contributed by atoms with Crippen LogP contribution in [0.1, 0.15) is 38.1 Å². The highest BCUT2D eigenvalue weighted by Gasteiger charge is 2.31. The fourth-order valence-electron chi connectivity index (χ4n) is 3.42. The predicted molar refractivity (Wildman–Crippen MR) is 94.8 cm³/mol. The van der Waals surface area contributed by atoms with Crippen LogP contribution in [0.25, 0.3) is 11.3 Å². The number of benzene rings is 1. The number of carbonyl (C=O) groups is 1. The molecule has 1 fully saturated rings. The standard InChI is InChI=1S/C19H25N3O3/c1-2-14(13-22-10-6-7-11-22)18(24-19(20)23)17-12-16(21-25-17)15-8-4-3-5-9-15/h3-5,8-9,12,14,18H,2,6-7,10-11,13H2,1H3,(H2,20,23). The van der Waals surface area contributed by atoms with Crippen LogP contribution in [0.2, 0.25) is 0 Å². The van der Waals surface area contributed by atoms with Gasteiger partial charge in [0.1, 0.15) is 5.69 Å². The summed E-state index contributed by atoms with van der Waals surface area (Å²) in [5, 5.41) is 4.14. The third-order valence-electron chi connectivity index (χ3n) is 4.77. The van der Waals surface area contributed by atoms with Gasteiger partial charge in [-0.1, -0.05) is 42.4 Å². The lowest BCUT2D eigenvalue weighted by atomic mass is 9.96. The SMILES string of the molecule is CCC(CN1CCCC1)C(OC(N)=O)c1cc(-c2ccccc2)no1. The van der Waals surface area contributed by atoms with E-state index in [0.29, 0.717) is 5.76 Å². The Morgan fingerprint density at radius 3 is 2.68 bits per heavy atom. The van der Waals surface area contributed by atoms with E-state index < -0.39 is 12.2 Å². The number of carbonyl (C=O) groups excluding carboxylic acids is 1. The smallest absolute Gasteiger partial charge is 0.405 e. The molecule has 2 unspecified atom stereocenters. The molecular weight excluding hydrogens is 318 g/mol. The van der Waals surface area contributed by atoms with E-state index in [0.717, 1.165) is 37.3 Å². The molecule has 1 amide bonds. The summed E-state index contributed by atoms with van der Waals surface area (Å²) >= 11 is 0. The highest BCUT2D eigenvalue weighted by atomic mass is 16.6. The maximum absolute atomic E-state index is 11.4. The number of amides is 1. The van der Waals surface area contributed by atoms with Crippen LogP contribution in [0.4, 0.5) is 4.79 Å². The summed E-state index contributed by atoms with van der Waals surface area (Å²) in [4.78, 5) is 13.8. The minimum absolute atomic E-state index is 0.113. The van der Waals surface area contributed by atoms with Crippen LogP contribution in [-0.4, -0.2) is 35.8 Å². The quantitative estimate of drug-likeness (QED) is 0.830. The first kappa shape index (κ1) is 17.5. The highest BCUT2D eigenvalue weighted by Crippen LogP contribution is 2.32. The Hall–Kier alpha value is -2.34. The van der Waals surface area contributed by atoms with Crippen LogP contribution in [0.3, 0.4) is 0 Å². The molecule has 2 N–H and O–H groups in total. The first-order chi connectivity index (χ1) is 12.2. The molecule has 0 aliphatic carbocycles. The molecule has 134 valence electrons. The van der Waals surface area contributed by atoms with Crippen LogP contribution in [0, 0.1) is 5.92 Å². The average molecular weight is 343 g/mol. The fraction of sp³-hybridized carbons (Fsp3) is 0.474. The number of primary amides is 1. The van der Waals surface area contributed by atoms with Gasteiger partial charge in [0.2, 0.25) is 0 Å². The van der Waals surface area contributed by atoms with Gasteiger partial charge in [-0.3, -0.25) is 0 Å². The summed E-state index contributed by atoms with van der Waals surface area (Å²) in [5.41, 5.74) is 7.00. The summed E-state index contributed by atoms with van der Waals surface area (Å²) < 4.78 is 11.0. The van der Waals surface area contributed by atoms with Gasteiger partial charge in [-0.25, -0.2) is 4.79 Å². The zero-order chi connectivity index (χ0) is 17.6. The minimum Gasteiger partial charge on any atom is -0.438 e. The number of nitrogens with two attached hydrogens (primary N) is 1. The Morgan fingerprint density at radius 1 is 1.32 bits per heavy atom. The molecule has 1 aliphatic rings. The summed E-state index contributed by atoms with van der Waals surface area (Å²) in [6, 6.07) is 11.6. The van der Waals surface area contributed by atoms with Crippen molar-refractivity contribution >= 4 is 6.09 Å². The van der Waals surface area contributed by atoms with Gasteiger partial charge in [0.05, 0.1) is 0 Å². The zero-order valence-electron chi connectivity index (χ0n) is 14.6. The first-order valence-electron chi connectivity index (χ1n) is 8.88. The Balaban J connectivity index is 1.81. The van der Waals surface area contributed by atoms with Crippen molar-refractivity contribution in [1.29, 1.82) is 0 Å². The number of aromatic nitrogens is 1. The highest BCUT2D eigenvalue weighted by molar-refractivity contribution is 5.65. The largest absolute Gasteiger partial charge is 0.438 e. The molecule has 1 aromatic heterocycles. The Labute approximate surface area is 147 Å². The zero-order valence-corrected chi connectivity index (χ0v) is 14.6. The minimum atomic E-state index is -0.789. The molecule has 0 radical (unpaired) electrons. The molecule has 6 heteroatoms. The van der Waals surface area contributed by atoms with Crippen molar-refractivity contribution in [3.63, 3.8) is 0 Å². The lowest BCUT2D eigenvalue weighted by molar-refractivity contribution is 0.0354. The second-order valence-electron chi connectivity index (χ2n) is 6.51. The Morgan fingerprint density at radius 2 is 2.04 bits per heavy atom. The average Bonchev–Trinajstić information content (AvgIpc) is 3.30. The van der Waals surface area contributed by atoms with Gasteiger partial charge in [-0.05, 0) is 32.4 Å². The number of hydrogen-bond acceptors (Lipinski definition) is 5. The molecule has 2 heterocycles. The molecule has 0 spiro atoms. The lowest BCUT2D eigenvalue weighted by Crippen LogP contribution is -2.32. The van der Waals surface area contributed by atoms with Crippen molar-refractivity contribution in [2.75, 3.05) is 19.6 Å². The number of nitrogens with zero attached hydrogens (tertiary/aromatic N) is 2. The second kappa shape index (κ2) is 8.16. The topological polar surface area (TPSA) is 81.6 Å². The molecule has 2 aromatic rings. The number of ether oxygens (including phenoxy) is 1. The molecule has 6 nitrogen and oxygen atoms in total. The lowest BCUT2D eigenvalue weighted by Gasteiger charge is -2.27. The van der Waals surface area contributed by atoms with Gasteiger partial charge in [0.25, 0.3) is 0 Å². The normalized spacial score (nSPS) is 17.3.